The van der Waals surface area contributed by atoms with Crippen LogP contribution in [-0.2, 0) is 21.3 Å². The molecule has 1 N–H and O–H groups in total. The molecule has 0 atom stereocenters. The van der Waals surface area contributed by atoms with Gasteiger partial charge >= 0.3 is 5.97 Å². The molecule has 0 saturated carbocycles. The van der Waals surface area contributed by atoms with E-state index in [0.717, 1.165) is 0 Å². The number of esters is 1. The van der Waals surface area contributed by atoms with Gasteiger partial charge in [-0.05, 0) is 35.9 Å². The van der Waals surface area contributed by atoms with Gasteiger partial charge in [0.25, 0.3) is 0 Å². The van der Waals surface area contributed by atoms with Gasteiger partial charge in [-0.25, -0.2) is 17.9 Å². The summed E-state index contributed by atoms with van der Waals surface area (Å²) in [7, 11) is -2.62. The molecule has 5 nitrogen and oxygen atoms in total. The Morgan fingerprint density at radius 2 is 1.91 bits per heavy atom. The van der Waals surface area contributed by atoms with Gasteiger partial charge in [0.15, 0.2) is 0 Å². The van der Waals surface area contributed by atoms with Crippen LogP contribution in [0.1, 0.15) is 15.9 Å². The average molecular weight is 374 g/mol. The highest BCUT2D eigenvalue weighted by Gasteiger charge is 2.19. The molecule has 0 aliphatic carbocycles. The van der Waals surface area contributed by atoms with Crippen LogP contribution < -0.4 is 4.72 Å². The molecule has 0 bridgehead atoms. The van der Waals surface area contributed by atoms with Gasteiger partial charge in [-0.1, -0.05) is 35.3 Å². The summed E-state index contributed by atoms with van der Waals surface area (Å²) in [5.74, 6) is -0.707. The van der Waals surface area contributed by atoms with Crippen LogP contribution in [0, 0.1) is 0 Å². The van der Waals surface area contributed by atoms with Crippen molar-refractivity contribution in [3.8, 4) is 0 Å². The molecule has 0 fully saturated rings. The molecule has 122 valence electrons. The van der Waals surface area contributed by atoms with Crippen LogP contribution in [0.5, 0.6) is 0 Å². The lowest BCUT2D eigenvalue weighted by molar-refractivity contribution is 0.0600. The molecule has 2 aromatic rings. The predicted molar refractivity (Wildman–Crippen MR) is 88.3 cm³/mol. The van der Waals surface area contributed by atoms with Gasteiger partial charge in [-0.15, -0.1) is 0 Å². The van der Waals surface area contributed by atoms with Crippen LogP contribution in [0.3, 0.4) is 0 Å². The molecule has 0 radical (unpaired) electrons. The van der Waals surface area contributed by atoms with E-state index in [2.05, 4.69) is 9.46 Å². The second-order valence-corrected chi connectivity index (χ2v) is 7.20. The summed E-state index contributed by atoms with van der Waals surface area (Å²) in [6, 6.07) is 10.7. The van der Waals surface area contributed by atoms with E-state index in [1.165, 1.54) is 25.3 Å². The van der Waals surface area contributed by atoms with Crippen molar-refractivity contribution < 1.29 is 17.9 Å². The Morgan fingerprint density at radius 1 is 1.17 bits per heavy atom. The largest absolute Gasteiger partial charge is 0.465 e. The Hall–Kier alpha value is -1.60. The second kappa shape index (κ2) is 7.31. The Bertz CT molecular complexity index is 837. The minimum atomic E-state index is -3.81. The zero-order valence-electron chi connectivity index (χ0n) is 12.0. The van der Waals surface area contributed by atoms with E-state index in [1.807, 2.05) is 0 Å². The fraction of sp³-hybridized carbons (Fsp3) is 0.133. The lowest BCUT2D eigenvalue weighted by Gasteiger charge is -2.09. The van der Waals surface area contributed by atoms with Gasteiger partial charge in [0, 0.05) is 11.6 Å². The number of hydrogen-bond acceptors (Lipinski definition) is 4. The predicted octanol–water partition coefficient (Wildman–Crippen LogP) is 3.26. The zero-order chi connectivity index (χ0) is 17.0. The number of carbonyl (C=O) groups excluding carboxylic acids is 1. The summed E-state index contributed by atoms with van der Waals surface area (Å²) in [4.78, 5) is 11.5. The van der Waals surface area contributed by atoms with Gasteiger partial charge in [0.1, 0.15) is 0 Å². The maximum atomic E-state index is 12.3. The third-order valence-electron chi connectivity index (χ3n) is 3.01. The SMILES string of the molecule is COC(=O)c1cc(S(=O)(=O)NCc2cccc(Cl)c2)ccc1Cl. The first-order valence-corrected chi connectivity index (χ1v) is 8.69. The third kappa shape index (κ3) is 4.45. The Kier molecular flexibility index (Phi) is 5.64. The van der Waals surface area contributed by atoms with Crippen LogP contribution in [-0.4, -0.2) is 21.5 Å². The van der Waals surface area contributed by atoms with E-state index in [0.29, 0.717) is 10.6 Å². The quantitative estimate of drug-likeness (QED) is 0.816. The average Bonchev–Trinajstić information content (AvgIpc) is 2.52. The van der Waals surface area contributed by atoms with Crippen molar-refractivity contribution in [2.75, 3.05) is 7.11 Å². The van der Waals surface area contributed by atoms with Crippen LogP contribution in [0.4, 0.5) is 0 Å². The third-order valence-corrected chi connectivity index (χ3v) is 4.97. The monoisotopic (exact) mass is 373 g/mol. The number of ether oxygens (including phenoxy) is 1. The Morgan fingerprint density at radius 3 is 2.57 bits per heavy atom. The lowest BCUT2D eigenvalue weighted by atomic mass is 10.2. The van der Waals surface area contributed by atoms with E-state index in [9.17, 15) is 13.2 Å². The number of benzene rings is 2. The standard InChI is InChI=1S/C15H13Cl2NO4S/c1-22-15(19)13-8-12(5-6-14(13)17)23(20,21)18-9-10-3-2-4-11(16)7-10/h2-8,18H,9H2,1H3. The number of hydrogen-bond donors (Lipinski definition) is 1. The molecule has 8 heteroatoms. The highest BCUT2D eigenvalue weighted by Crippen LogP contribution is 2.21. The van der Waals surface area contributed by atoms with E-state index in [4.69, 9.17) is 23.2 Å². The Labute approximate surface area is 144 Å². The molecule has 0 saturated heterocycles. The number of methoxy groups -OCH3 is 1. The van der Waals surface area contributed by atoms with Crippen molar-refractivity contribution in [3.05, 3.63) is 63.6 Å². The van der Waals surface area contributed by atoms with Gasteiger partial charge in [0.05, 0.1) is 22.6 Å². The molecule has 0 heterocycles. The number of sulfonamides is 1. The molecule has 0 aliphatic rings. The van der Waals surface area contributed by atoms with Crippen LogP contribution in [0.2, 0.25) is 10.0 Å². The maximum Gasteiger partial charge on any atom is 0.339 e. The number of rotatable bonds is 5. The summed E-state index contributed by atoms with van der Waals surface area (Å²) >= 11 is 11.7. The van der Waals surface area contributed by atoms with E-state index in [-0.39, 0.29) is 22.0 Å². The highest BCUT2D eigenvalue weighted by atomic mass is 35.5. The minimum absolute atomic E-state index is 0.0141. The first kappa shape index (κ1) is 17.7. The fourth-order valence-corrected chi connectivity index (χ4v) is 3.30. The molecule has 0 aliphatic heterocycles. The number of carbonyl (C=O) groups is 1. The zero-order valence-corrected chi connectivity index (χ0v) is 14.4. The minimum Gasteiger partial charge on any atom is -0.465 e. The van der Waals surface area contributed by atoms with Crippen molar-refractivity contribution in [1.29, 1.82) is 0 Å². The number of halogens is 2. The lowest BCUT2D eigenvalue weighted by Crippen LogP contribution is -2.23. The molecule has 0 aromatic heterocycles. The van der Waals surface area contributed by atoms with Crippen LogP contribution in [0.15, 0.2) is 47.4 Å². The van der Waals surface area contributed by atoms with Crippen LogP contribution in [0.25, 0.3) is 0 Å². The van der Waals surface area contributed by atoms with Gasteiger partial charge in [-0.3, -0.25) is 0 Å². The fourth-order valence-electron chi connectivity index (χ4n) is 1.85. The van der Waals surface area contributed by atoms with Gasteiger partial charge in [-0.2, -0.15) is 0 Å². The van der Waals surface area contributed by atoms with E-state index < -0.39 is 16.0 Å². The highest BCUT2D eigenvalue weighted by molar-refractivity contribution is 7.89. The molecular weight excluding hydrogens is 361 g/mol. The molecule has 0 spiro atoms. The maximum absolute atomic E-state index is 12.3. The molecular formula is C15H13Cl2NO4S. The van der Waals surface area contributed by atoms with E-state index >= 15 is 0 Å². The first-order chi connectivity index (χ1) is 10.8. The van der Waals surface area contributed by atoms with Gasteiger partial charge in [0.2, 0.25) is 10.0 Å². The summed E-state index contributed by atoms with van der Waals surface area (Å²) in [6.45, 7) is 0.0685. The summed E-state index contributed by atoms with van der Waals surface area (Å²) in [5, 5.41) is 0.631. The van der Waals surface area contributed by atoms with Crippen molar-refractivity contribution in [2.45, 2.75) is 11.4 Å². The smallest absolute Gasteiger partial charge is 0.339 e. The molecule has 2 rings (SSSR count). The van der Waals surface area contributed by atoms with Gasteiger partial charge < -0.3 is 4.74 Å². The van der Waals surface area contributed by atoms with Crippen molar-refractivity contribution in [2.24, 2.45) is 0 Å². The topological polar surface area (TPSA) is 72.5 Å². The summed E-state index contributed by atoms with van der Waals surface area (Å²) in [5.41, 5.74) is 0.697. The molecule has 23 heavy (non-hydrogen) atoms. The van der Waals surface area contributed by atoms with Crippen molar-refractivity contribution >= 4 is 39.2 Å². The summed E-state index contributed by atoms with van der Waals surface area (Å²) in [6.07, 6.45) is 0. The first-order valence-electron chi connectivity index (χ1n) is 6.45. The number of nitrogens with one attached hydrogen (secondary N) is 1. The van der Waals surface area contributed by atoms with E-state index in [1.54, 1.807) is 24.3 Å². The van der Waals surface area contributed by atoms with Crippen molar-refractivity contribution in [3.63, 3.8) is 0 Å². The molecule has 0 unspecified atom stereocenters. The normalized spacial score (nSPS) is 11.3. The molecule has 2 aromatic carbocycles. The second-order valence-electron chi connectivity index (χ2n) is 4.59. The summed E-state index contributed by atoms with van der Waals surface area (Å²) < 4.78 is 31.7. The van der Waals surface area contributed by atoms with Crippen molar-refractivity contribution in [1.82, 2.24) is 4.72 Å². The van der Waals surface area contributed by atoms with Crippen LogP contribution >= 0.6 is 23.2 Å². The Balaban J connectivity index is 2.24. The molecule has 0 amide bonds.